The van der Waals surface area contributed by atoms with E-state index >= 15 is 0 Å². The van der Waals surface area contributed by atoms with Crippen molar-refractivity contribution in [3.05, 3.63) is 24.4 Å². The van der Waals surface area contributed by atoms with Crippen LogP contribution in [-0.4, -0.2) is 0 Å². The molecule has 0 aromatic heterocycles. The zero-order valence-corrected chi connectivity index (χ0v) is 7.41. The second-order valence-corrected chi connectivity index (χ2v) is 2.12. The Morgan fingerprint density at radius 3 is 1.70 bits per heavy atom. The topological polar surface area (TPSA) is 26.0 Å². The third kappa shape index (κ3) is 15.7. The fourth-order valence-corrected chi connectivity index (χ4v) is 0.374. The van der Waals surface area contributed by atoms with Crippen LogP contribution in [0, 0.1) is 0 Å². The van der Waals surface area contributed by atoms with E-state index in [1.807, 2.05) is 20.8 Å². The van der Waals surface area contributed by atoms with Crippen molar-refractivity contribution in [1.29, 1.82) is 0 Å². The summed E-state index contributed by atoms with van der Waals surface area (Å²) in [6.07, 6.45) is 1.84. The van der Waals surface area contributed by atoms with Crippen molar-refractivity contribution in [2.75, 3.05) is 0 Å². The monoisotopic (exact) mass is 141 g/mol. The van der Waals surface area contributed by atoms with E-state index in [0.717, 1.165) is 24.1 Å². The van der Waals surface area contributed by atoms with Crippen LogP contribution >= 0.6 is 0 Å². The Balaban J connectivity index is 0. The van der Waals surface area contributed by atoms with Gasteiger partial charge in [-0.2, -0.15) is 0 Å². The van der Waals surface area contributed by atoms with Gasteiger partial charge < -0.3 is 5.73 Å². The summed E-state index contributed by atoms with van der Waals surface area (Å²) >= 11 is 0. The minimum atomic E-state index is 0.744. The van der Waals surface area contributed by atoms with E-state index in [1.165, 1.54) is 0 Å². The maximum absolute atomic E-state index is 5.31. The van der Waals surface area contributed by atoms with Crippen LogP contribution in [0.3, 0.4) is 0 Å². The van der Waals surface area contributed by atoms with Crippen LogP contribution in [-0.2, 0) is 0 Å². The Hall–Kier alpha value is -0.720. The molecule has 0 amide bonds. The molecule has 10 heavy (non-hydrogen) atoms. The average molecular weight is 141 g/mol. The van der Waals surface area contributed by atoms with Gasteiger partial charge in [-0.1, -0.05) is 26.0 Å². The van der Waals surface area contributed by atoms with E-state index in [1.54, 1.807) is 0 Å². The SMILES string of the molecule is C=C(C)CCC(=C)N.CC. The Bertz CT molecular complexity index is 89.3. The fourth-order valence-electron chi connectivity index (χ4n) is 0.374. The van der Waals surface area contributed by atoms with Gasteiger partial charge in [0.2, 0.25) is 0 Å². The minimum Gasteiger partial charge on any atom is -0.403 e. The molecule has 60 valence electrons. The molecule has 0 heterocycles. The minimum absolute atomic E-state index is 0.744. The van der Waals surface area contributed by atoms with E-state index in [2.05, 4.69) is 13.2 Å². The molecule has 0 aromatic carbocycles. The summed E-state index contributed by atoms with van der Waals surface area (Å²) in [5, 5.41) is 0. The smallest absolute Gasteiger partial charge is 0.00106 e. The Morgan fingerprint density at radius 1 is 1.20 bits per heavy atom. The summed E-state index contributed by atoms with van der Waals surface area (Å²) in [6, 6.07) is 0. The molecule has 0 spiro atoms. The van der Waals surface area contributed by atoms with Gasteiger partial charge in [-0.25, -0.2) is 0 Å². The van der Waals surface area contributed by atoms with E-state index in [-0.39, 0.29) is 0 Å². The van der Waals surface area contributed by atoms with Crippen molar-refractivity contribution < 1.29 is 0 Å². The van der Waals surface area contributed by atoms with E-state index in [9.17, 15) is 0 Å². The first-order valence-corrected chi connectivity index (χ1v) is 3.70. The van der Waals surface area contributed by atoms with Crippen LogP contribution in [0.25, 0.3) is 0 Å². The number of hydrogen-bond donors (Lipinski definition) is 1. The molecule has 1 nitrogen and oxygen atoms in total. The molecule has 2 N–H and O–H groups in total. The van der Waals surface area contributed by atoms with Crippen molar-refractivity contribution in [3.8, 4) is 0 Å². The molecular formula is C9H19N. The molecule has 0 bridgehead atoms. The number of rotatable bonds is 3. The standard InChI is InChI=1S/C7H13N.C2H6/c1-6(2)4-5-7(3)8;1-2/h1,3-5,8H2,2H3;1-2H3. The van der Waals surface area contributed by atoms with Gasteiger partial charge >= 0.3 is 0 Å². The van der Waals surface area contributed by atoms with Crippen LogP contribution < -0.4 is 5.73 Å². The zero-order valence-electron chi connectivity index (χ0n) is 7.41. The van der Waals surface area contributed by atoms with Crippen LogP contribution in [0.2, 0.25) is 0 Å². The summed E-state index contributed by atoms with van der Waals surface area (Å²) in [4.78, 5) is 0. The highest BCUT2D eigenvalue weighted by atomic mass is 14.5. The van der Waals surface area contributed by atoms with Crippen LogP contribution in [0.1, 0.15) is 33.6 Å². The van der Waals surface area contributed by atoms with Crippen molar-refractivity contribution in [1.82, 2.24) is 0 Å². The number of hydrogen-bond acceptors (Lipinski definition) is 1. The number of allylic oxidation sites excluding steroid dienone is 2. The molecule has 0 aliphatic carbocycles. The summed E-state index contributed by atoms with van der Waals surface area (Å²) < 4.78 is 0. The third-order valence-electron chi connectivity index (χ3n) is 0.873. The fraction of sp³-hybridized carbons (Fsp3) is 0.556. The lowest BCUT2D eigenvalue weighted by atomic mass is 10.2. The molecule has 0 atom stereocenters. The molecule has 0 unspecified atom stereocenters. The third-order valence-corrected chi connectivity index (χ3v) is 0.873. The second-order valence-electron chi connectivity index (χ2n) is 2.12. The van der Waals surface area contributed by atoms with E-state index in [4.69, 9.17) is 5.73 Å². The molecule has 0 aliphatic heterocycles. The number of nitrogens with two attached hydrogens (primary N) is 1. The summed E-state index contributed by atoms with van der Waals surface area (Å²) in [6.45, 7) is 13.3. The maximum atomic E-state index is 5.31. The van der Waals surface area contributed by atoms with Gasteiger partial charge in [0.05, 0.1) is 0 Å². The van der Waals surface area contributed by atoms with Crippen molar-refractivity contribution in [3.63, 3.8) is 0 Å². The molecular weight excluding hydrogens is 122 g/mol. The lowest BCUT2D eigenvalue weighted by Crippen LogP contribution is -1.93. The van der Waals surface area contributed by atoms with Gasteiger partial charge in [-0.3, -0.25) is 0 Å². The average Bonchev–Trinajstić information content (AvgIpc) is 1.89. The second kappa shape index (κ2) is 8.28. The molecule has 0 aliphatic rings. The summed E-state index contributed by atoms with van der Waals surface area (Å²) in [5.74, 6) is 0. The van der Waals surface area contributed by atoms with Gasteiger partial charge in [-0.05, 0) is 19.8 Å². The Labute approximate surface area is 64.6 Å². The maximum Gasteiger partial charge on any atom is 0.00106 e. The largest absolute Gasteiger partial charge is 0.403 e. The van der Waals surface area contributed by atoms with Gasteiger partial charge in [0.1, 0.15) is 0 Å². The van der Waals surface area contributed by atoms with Crippen molar-refractivity contribution in [2.24, 2.45) is 5.73 Å². The zero-order chi connectivity index (χ0) is 8.57. The molecule has 0 rings (SSSR count). The van der Waals surface area contributed by atoms with E-state index < -0.39 is 0 Å². The summed E-state index contributed by atoms with van der Waals surface area (Å²) in [5.41, 5.74) is 7.21. The molecule has 0 aromatic rings. The molecule has 0 saturated heterocycles. The molecule has 0 fully saturated rings. The van der Waals surface area contributed by atoms with Crippen LogP contribution in [0.5, 0.6) is 0 Å². The first kappa shape index (κ1) is 12.0. The van der Waals surface area contributed by atoms with Crippen LogP contribution in [0.15, 0.2) is 24.4 Å². The first-order chi connectivity index (χ1) is 4.63. The first-order valence-electron chi connectivity index (χ1n) is 3.70. The molecule has 1 heteroatoms. The van der Waals surface area contributed by atoms with Gasteiger partial charge in [0.25, 0.3) is 0 Å². The lowest BCUT2D eigenvalue weighted by Gasteiger charge is -1.96. The normalized spacial score (nSPS) is 7.50. The Kier molecular flexibility index (Phi) is 9.94. The van der Waals surface area contributed by atoms with E-state index in [0.29, 0.717) is 0 Å². The van der Waals surface area contributed by atoms with Gasteiger partial charge in [-0.15, -0.1) is 6.58 Å². The highest BCUT2D eigenvalue weighted by molar-refractivity contribution is 4.95. The molecule has 0 saturated carbocycles. The highest BCUT2D eigenvalue weighted by Crippen LogP contribution is 2.02. The van der Waals surface area contributed by atoms with Gasteiger partial charge in [0, 0.05) is 5.70 Å². The Morgan fingerprint density at radius 2 is 1.60 bits per heavy atom. The summed E-state index contributed by atoms with van der Waals surface area (Å²) in [7, 11) is 0. The highest BCUT2D eigenvalue weighted by Gasteiger charge is 1.86. The van der Waals surface area contributed by atoms with Crippen molar-refractivity contribution in [2.45, 2.75) is 33.6 Å². The lowest BCUT2D eigenvalue weighted by molar-refractivity contribution is 0.920. The predicted octanol–water partition coefficient (Wildman–Crippen LogP) is 2.84. The van der Waals surface area contributed by atoms with Crippen LogP contribution in [0.4, 0.5) is 0 Å². The molecule has 0 radical (unpaired) electrons. The van der Waals surface area contributed by atoms with Gasteiger partial charge in [0.15, 0.2) is 0 Å². The quantitative estimate of drug-likeness (QED) is 0.601. The predicted molar refractivity (Wildman–Crippen MR) is 48.7 cm³/mol. The van der Waals surface area contributed by atoms with Crippen molar-refractivity contribution >= 4 is 0 Å².